The Bertz CT molecular complexity index is 1380. The summed E-state index contributed by atoms with van der Waals surface area (Å²) in [4.78, 5) is 28.0. The summed E-state index contributed by atoms with van der Waals surface area (Å²) in [6, 6.07) is 11.0. The number of pyridine rings is 1. The first kappa shape index (κ1) is 23.8. The molecule has 3 aromatic rings. The number of benzene rings is 2. The van der Waals surface area contributed by atoms with Crippen molar-refractivity contribution in [2.45, 2.75) is 38.1 Å². The molecule has 0 atom stereocenters. The first-order chi connectivity index (χ1) is 16.3. The molecule has 9 nitrogen and oxygen atoms in total. The van der Waals surface area contributed by atoms with Gasteiger partial charge in [0.1, 0.15) is 0 Å². The SMILES string of the molecule is CCCCN(CC)S(=O)(=O)c1ccc2[nH]c(=O)cc(C(=O)NCc3ccc4c(c3)OCO4)c2c1. The molecule has 34 heavy (non-hydrogen) atoms. The average Bonchev–Trinajstić information content (AvgIpc) is 3.30. The fraction of sp³-hybridized carbons (Fsp3) is 0.333. The van der Waals surface area contributed by atoms with Crippen LogP contribution in [0.2, 0.25) is 0 Å². The maximum Gasteiger partial charge on any atom is 0.252 e. The Hall–Kier alpha value is -3.37. The molecule has 0 aliphatic carbocycles. The van der Waals surface area contributed by atoms with Crippen LogP contribution in [0.3, 0.4) is 0 Å². The summed E-state index contributed by atoms with van der Waals surface area (Å²) < 4.78 is 38.5. The molecule has 0 bridgehead atoms. The van der Waals surface area contributed by atoms with Crippen LogP contribution >= 0.6 is 0 Å². The Balaban J connectivity index is 1.64. The van der Waals surface area contributed by atoms with Crippen molar-refractivity contribution in [1.82, 2.24) is 14.6 Å². The van der Waals surface area contributed by atoms with Gasteiger partial charge in [0, 0.05) is 36.6 Å². The summed E-state index contributed by atoms with van der Waals surface area (Å²) in [6.45, 7) is 4.91. The van der Waals surface area contributed by atoms with Gasteiger partial charge in [-0.2, -0.15) is 4.31 Å². The summed E-state index contributed by atoms with van der Waals surface area (Å²) in [5, 5.41) is 3.15. The van der Waals surface area contributed by atoms with Gasteiger partial charge in [-0.3, -0.25) is 9.59 Å². The number of aromatic amines is 1. The normalized spacial score (nSPS) is 12.9. The molecule has 1 amide bonds. The van der Waals surface area contributed by atoms with E-state index in [-0.39, 0.29) is 23.8 Å². The first-order valence-electron chi connectivity index (χ1n) is 11.2. The van der Waals surface area contributed by atoms with Crippen LogP contribution in [0.25, 0.3) is 10.9 Å². The highest BCUT2D eigenvalue weighted by Gasteiger charge is 2.24. The minimum Gasteiger partial charge on any atom is -0.454 e. The van der Waals surface area contributed by atoms with Crippen molar-refractivity contribution in [2.24, 2.45) is 0 Å². The van der Waals surface area contributed by atoms with E-state index >= 15 is 0 Å². The van der Waals surface area contributed by atoms with Crippen LogP contribution in [0, 0.1) is 0 Å². The maximum atomic E-state index is 13.2. The lowest BCUT2D eigenvalue weighted by Crippen LogP contribution is -2.32. The van der Waals surface area contributed by atoms with Gasteiger partial charge in [0.2, 0.25) is 22.4 Å². The van der Waals surface area contributed by atoms with E-state index in [1.54, 1.807) is 19.1 Å². The lowest BCUT2D eigenvalue weighted by atomic mass is 10.1. The number of H-pyrrole nitrogens is 1. The van der Waals surface area contributed by atoms with Crippen LogP contribution in [0.5, 0.6) is 11.5 Å². The van der Waals surface area contributed by atoms with E-state index in [1.807, 2.05) is 13.0 Å². The number of carbonyl (C=O) groups excluding carboxylic acids is 1. The van der Waals surface area contributed by atoms with E-state index in [2.05, 4.69) is 10.3 Å². The number of nitrogens with zero attached hydrogens (tertiary/aromatic N) is 1. The molecule has 2 aromatic carbocycles. The van der Waals surface area contributed by atoms with Gasteiger partial charge >= 0.3 is 0 Å². The predicted molar refractivity (Wildman–Crippen MR) is 128 cm³/mol. The molecule has 0 saturated heterocycles. The highest BCUT2D eigenvalue weighted by atomic mass is 32.2. The van der Waals surface area contributed by atoms with Crippen LogP contribution < -0.4 is 20.3 Å². The Morgan fingerprint density at radius 3 is 2.65 bits per heavy atom. The lowest BCUT2D eigenvalue weighted by molar-refractivity contribution is 0.0952. The average molecular weight is 486 g/mol. The quantitative estimate of drug-likeness (QED) is 0.481. The van der Waals surface area contributed by atoms with Crippen LogP contribution in [0.15, 0.2) is 52.2 Å². The molecule has 0 spiro atoms. The van der Waals surface area contributed by atoms with Crippen LogP contribution in [-0.4, -0.2) is 43.5 Å². The van der Waals surface area contributed by atoms with Crippen molar-refractivity contribution < 1.29 is 22.7 Å². The Labute approximate surface area is 197 Å². The number of ether oxygens (including phenoxy) is 2. The first-order valence-corrected chi connectivity index (χ1v) is 12.6. The number of aromatic nitrogens is 1. The van der Waals surface area contributed by atoms with Gasteiger partial charge in [0.25, 0.3) is 5.91 Å². The second-order valence-electron chi connectivity index (χ2n) is 7.98. The topological polar surface area (TPSA) is 118 Å². The molecule has 1 aliphatic heterocycles. The van der Waals surface area contributed by atoms with Crippen molar-refractivity contribution in [3.63, 3.8) is 0 Å². The van der Waals surface area contributed by atoms with Gasteiger partial charge in [-0.15, -0.1) is 0 Å². The molecule has 1 aromatic heterocycles. The molecule has 0 fully saturated rings. The zero-order valence-corrected chi connectivity index (χ0v) is 19.9. The molecule has 4 rings (SSSR count). The fourth-order valence-electron chi connectivity index (χ4n) is 3.84. The summed E-state index contributed by atoms with van der Waals surface area (Å²) in [5.74, 6) is 0.762. The Kier molecular flexibility index (Phi) is 6.90. The zero-order chi connectivity index (χ0) is 24.3. The molecule has 2 heterocycles. The Morgan fingerprint density at radius 1 is 1.09 bits per heavy atom. The van der Waals surface area contributed by atoms with Crippen molar-refractivity contribution >= 4 is 26.8 Å². The van der Waals surface area contributed by atoms with Gasteiger partial charge in [0.05, 0.1) is 10.5 Å². The zero-order valence-electron chi connectivity index (χ0n) is 19.1. The second kappa shape index (κ2) is 9.86. The molecule has 0 unspecified atom stereocenters. The van der Waals surface area contributed by atoms with Gasteiger partial charge in [-0.25, -0.2) is 8.42 Å². The minimum absolute atomic E-state index is 0.0785. The van der Waals surface area contributed by atoms with E-state index in [0.29, 0.717) is 35.5 Å². The predicted octanol–water partition coefficient (Wildman–Crippen LogP) is 3.00. The summed E-state index contributed by atoms with van der Waals surface area (Å²) in [6.07, 6.45) is 1.63. The molecule has 1 aliphatic rings. The smallest absolute Gasteiger partial charge is 0.252 e. The number of hydrogen-bond donors (Lipinski definition) is 2. The van der Waals surface area contributed by atoms with Crippen molar-refractivity contribution in [3.05, 3.63) is 63.9 Å². The third-order valence-corrected chi connectivity index (χ3v) is 7.67. The van der Waals surface area contributed by atoms with Crippen LogP contribution in [-0.2, 0) is 16.6 Å². The molecule has 2 N–H and O–H groups in total. The number of nitrogens with one attached hydrogen (secondary N) is 2. The van der Waals surface area contributed by atoms with E-state index < -0.39 is 21.5 Å². The van der Waals surface area contributed by atoms with E-state index in [9.17, 15) is 18.0 Å². The number of unbranched alkanes of at least 4 members (excludes halogenated alkanes) is 1. The van der Waals surface area contributed by atoms with Crippen molar-refractivity contribution in [2.75, 3.05) is 19.9 Å². The molecular formula is C24H27N3O6S. The standard InChI is InChI=1S/C24H27N3O6S/c1-3-5-10-27(4-2)34(30,31)17-7-8-20-18(12-17)19(13-23(28)26-20)24(29)25-14-16-6-9-21-22(11-16)33-15-32-21/h6-9,11-13H,3-5,10,14-15H2,1-2H3,(H,25,29)(H,26,28). The number of carbonyl (C=O) groups is 1. The minimum atomic E-state index is -3.74. The monoisotopic (exact) mass is 485 g/mol. The number of amides is 1. The van der Waals surface area contributed by atoms with Gasteiger partial charge in [0.15, 0.2) is 11.5 Å². The van der Waals surface area contributed by atoms with Gasteiger partial charge < -0.3 is 19.8 Å². The number of hydrogen-bond acceptors (Lipinski definition) is 6. The highest BCUT2D eigenvalue weighted by molar-refractivity contribution is 7.89. The van der Waals surface area contributed by atoms with E-state index in [1.165, 1.54) is 28.6 Å². The van der Waals surface area contributed by atoms with E-state index in [4.69, 9.17) is 9.47 Å². The third-order valence-electron chi connectivity index (χ3n) is 5.70. The number of sulfonamides is 1. The molecule has 0 saturated carbocycles. The van der Waals surface area contributed by atoms with Crippen LogP contribution in [0.4, 0.5) is 0 Å². The Morgan fingerprint density at radius 2 is 1.88 bits per heavy atom. The van der Waals surface area contributed by atoms with Gasteiger partial charge in [-0.1, -0.05) is 26.3 Å². The molecule has 0 radical (unpaired) electrons. The van der Waals surface area contributed by atoms with Gasteiger partial charge in [-0.05, 0) is 42.3 Å². The van der Waals surface area contributed by atoms with Crippen molar-refractivity contribution in [1.29, 1.82) is 0 Å². The highest BCUT2D eigenvalue weighted by Crippen LogP contribution is 2.32. The second-order valence-corrected chi connectivity index (χ2v) is 9.91. The summed E-state index contributed by atoms with van der Waals surface area (Å²) in [7, 11) is -3.74. The summed E-state index contributed by atoms with van der Waals surface area (Å²) in [5.41, 5.74) is 0.837. The largest absolute Gasteiger partial charge is 0.454 e. The third kappa shape index (κ3) is 4.78. The molecular weight excluding hydrogens is 458 g/mol. The maximum absolute atomic E-state index is 13.2. The van der Waals surface area contributed by atoms with E-state index in [0.717, 1.165) is 18.4 Å². The summed E-state index contributed by atoms with van der Waals surface area (Å²) >= 11 is 0. The number of fused-ring (bicyclic) bond motifs is 2. The van der Waals surface area contributed by atoms with Crippen LogP contribution in [0.1, 0.15) is 42.6 Å². The lowest BCUT2D eigenvalue weighted by Gasteiger charge is -2.20. The molecule has 10 heteroatoms. The fourth-order valence-corrected chi connectivity index (χ4v) is 5.36. The molecule has 180 valence electrons. The van der Waals surface area contributed by atoms with Crippen molar-refractivity contribution in [3.8, 4) is 11.5 Å². The number of rotatable bonds is 9.